The molecule has 78 valence electrons. The minimum atomic E-state index is -0.636. The average Bonchev–Trinajstić information content (AvgIpc) is 2.26. The van der Waals surface area contributed by atoms with Crippen molar-refractivity contribution < 1.29 is 19.1 Å². The number of hydrogen-bond donors (Lipinski definition) is 1. The van der Waals surface area contributed by atoms with E-state index in [1.807, 2.05) is 6.08 Å². The van der Waals surface area contributed by atoms with E-state index in [9.17, 15) is 9.59 Å². The molecule has 5 heteroatoms. The summed E-state index contributed by atoms with van der Waals surface area (Å²) in [6.07, 6.45) is 2.71. The quantitative estimate of drug-likeness (QED) is 0.523. The van der Waals surface area contributed by atoms with Crippen molar-refractivity contribution >= 4 is 12.4 Å². The van der Waals surface area contributed by atoms with Gasteiger partial charge in [0.25, 0.3) is 0 Å². The van der Waals surface area contributed by atoms with Crippen molar-refractivity contribution in [3.05, 3.63) is 11.6 Å². The highest BCUT2D eigenvalue weighted by Gasteiger charge is 2.18. The number of amides is 1. The van der Waals surface area contributed by atoms with Gasteiger partial charge in [-0.1, -0.05) is 6.08 Å². The summed E-state index contributed by atoms with van der Waals surface area (Å²) in [5, 5.41) is 2.41. The molecule has 1 aliphatic rings. The van der Waals surface area contributed by atoms with Crippen molar-refractivity contribution in [2.24, 2.45) is 0 Å². The van der Waals surface area contributed by atoms with Gasteiger partial charge in [-0.15, -0.1) is 0 Å². The second-order valence-electron chi connectivity index (χ2n) is 2.87. The summed E-state index contributed by atoms with van der Waals surface area (Å²) in [6.45, 7) is 1.04. The fraction of sp³-hybridized carbons (Fsp3) is 0.556. The lowest BCUT2D eigenvalue weighted by Crippen LogP contribution is -2.39. The monoisotopic (exact) mass is 199 g/mol. The van der Waals surface area contributed by atoms with Gasteiger partial charge in [0.2, 0.25) is 0 Å². The molecule has 1 unspecified atom stereocenters. The van der Waals surface area contributed by atoms with E-state index in [0.29, 0.717) is 19.5 Å². The Kier molecular flexibility index (Phi) is 4.12. The molecule has 14 heavy (non-hydrogen) atoms. The molecule has 0 saturated heterocycles. The van der Waals surface area contributed by atoms with E-state index < -0.39 is 12.1 Å². The zero-order chi connectivity index (χ0) is 10.4. The molecule has 1 aliphatic heterocycles. The summed E-state index contributed by atoms with van der Waals surface area (Å²) in [4.78, 5) is 21.6. The van der Waals surface area contributed by atoms with Crippen molar-refractivity contribution in [2.75, 3.05) is 20.3 Å². The van der Waals surface area contributed by atoms with Crippen molar-refractivity contribution in [3.63, 3.8) is 0 Å². The maximum absolute atomic E-state index is 10.9. The van der Waals surface area contributed by atoms with E-state index in [1.165, 1.54) is 7.11 Å². The first-order valence-electron chi connectivity index (χ1n) is 4.34. The first kappa shape index (κ1) is 10.7. The number of carbonyl (C=O) groups excluding carboxylic acids is 2. The fourth-order valence-corrected chi connectivity index (χ4v) is 1.19. The van der Waals surface area contributed by atoms with Crippen LogP contribution in [0.25, 0.3) is 0 Å². The highest BCUT2D eigenvalue weighted by atomic mass is 16.5. The van der Waals surface area contributed by atoms with Crippen LogP contribution in [-0.4, -0.2) is 38.7 Å². The summed E-state index contributed by atoms with van der Waals surface area (Å²) >= 11 is 0. The van der Waals surface area contributed by atoms with Gasteiger partial charge in [0.15, 0.2) is 0 Å². The minimum Gasteiger partial charge on any atom is -0.453 e. The molecule has 0 radical (unpaired) electrons. The van der Waals surface area contributed by atoms with Crippen LogP contribution >= 0.6 is 0 Å². The molecule has 0 bridgehead atoms. The number of carbonyl (C=O) groups is 2. The second kappa shape index (κ2) is 5.39. The van der Waals surface area contributed by atoms with Crippen LogP contribution in [0.2, 0.25) is 0 Å². The van der Waals surface area contributed by atoms with Crippen LogP contribution in [0.1, 0.15) is 6.42 Å². The summed E-state index contributed by atoms with van der Waals surface area (Å²) in [5.41, 5.74) is 0.775. The molecule has 1 amide bonds. The molecule has 0 fully saturated rings. The third kappa shape index (κ3) is 2.85. The fourth-order valence-electron chi connectivity index (χ4n) is 1.19. The SMILES string of the molecule is COC(=O)NC(C=O)C1=CCCOC1. The van der Waals surface area contributed by atoms with Crippen LogP contribution in [0.4, 0.5) is 4.79 Å². The Balaban J connectivity index is 2.56. The van der Waals surface area contributed by atoms with Gasteiger partial charge in [-0.05, 0) is 12.0 Å². The smallest absolute Gasteiger partial charge is 0.407 e. The molecule has 1 N–H and O–H groups in total. The number of nitrogens with one attached hydrogen (secondary N) is 1. The van der Waals surface area contributed by atoms with Crippen LogP contribution in [0.15, 0.2) is 11.6 Å². The van der Waals surface area contributed by atoms with Gasteiger partial charge in [-0.25, -0.2) is 4.79 Å². The zero-order valence-corrected chi connectivity index (χ0v) is 7.99. The molecule has 0 aromatic heterocycles. The molecule has 1 atom stereocenters. The number of methoxy groups -OCH3 is 1. The molecule has 0 aromatic carbocycles. The van der Waals surface area contributed by atoms with Gasteiger partial charge in [-0.3, -0.25) is 0 Å². The molecule has 0 aromatic rings. The van der Waals surface area contributed by atoms with E-state index in [1.54, 1.807) is 0 Å². The average molecular weight is 199 g/mol. The van der Waals surface area contributed by atoms with Crippen LogP contribution in [0.5, 0.6) is 0 Å². The van der Waals surface area contributed by atoms with Gasteiger partial charge in [-0.2, -0.15) is 0 Å². The molecular formula is C9H13NO4. The Labute approximate surface area is 82.1 Å². The first-order valence-corrected chi connectivity index (χ1v) is 4.34. The molecule has 5 nitrogen and oxygen atoms in total. The molecule has 0 spiro atoms. The van der Waals surface area contributed by atoms with Crippen LogP contribution in [0, 0.1) is 0 Å². The van der Waals surface area contributed by atoms with Crippen LogP contribution in [-0.2, 0) is 14.3 Å². The maximum Gasteiger partial charge on any atom is 0.407 e. The number of alkyl carbamates (subject to hydrolysis) is 1. The summed E-state index contributed by atoms with van der Waals surface area (Å²) < 4.78 is 9.56. The van der Waals surface area contributed by atoms with Crippen molar-refractivity contribution in [2.45, 2.75) is 12.5 Å². The standard InChI is InChI=1S/C9H13NO4/c1-13-9(12)10-8(5-11)7-3-2-4-14-6-7/h3,5,8H,2,4,6H2,1H3,(H,10,12). The van der Waals surface area contributed by atoms with Crippen LogP contribution < -0.4 is 5.32 Å². The zero-order valence-electron chi connectivity index (χ0n) is 7.99. The van der Waals surface area contributed by atoms with E-state index in [-0.39, 0.29) is 0 Å². The van der Waals surface area contributed by atoms with E-state index in [4.69, 9.17) is 4.74 Å². The van der Waals surface area contributed by atoms with E-state index in [0.717, 1.165) is 12.0 Å². The lowest BCUT2D eigenvalue weighted by atomic mass is 10.1. The second-order valence-corrected chi connectivity index (χ2v) is 2.87. The number of ether oxygens (including phenoxy) is 2. The van der Waals surface area contributed by atoms with Crippen molar-refractivity contribution in [3.8, 4) is 0 Å². The van der Waals surface area contributed by atoms with Gasteiger partial charge >= 0.3 is 6.09 Å². The summed E-state index contributed by atoms with van der Waals surface area (Å²) in [7, 11) is 1.25. The van der Waals surface area contributed by atoms with Crippen LogP contribution in [0.3, 0.4) is 0 Å². The normalized spacial score (nSPS) is 17.9. The Bertz CT molecular complexity index is 249. The highest BCUT2D eigenvalue weighted by Crippen LogP contribution is 2.09. The number of rotatable bonds is 3. The molecule has 0 saturated carbocycles. The van der Waals surface area contributed by atoms with Gasteiger partial charge in [0.05, 0.1) is 20.3 Å². The van der Waals surface area contributed by atoms with Gasteiger partial charge < -0.3 is 19.6 Å². The topological polar surface area (TPSA) is 64.6 Å². The van der Waals surface area contributed by atoms with E-state index in [2.05, 4.69) is 10.1 Å². The number of hydrogen-bond acceptors (Lipinski definition) is 4. The third-order valence-electron chi connectivity index (χ3n) is 1.93. The van der Waals surface area contributed by atoms with Crippen molar-refractivity contribution in [1.82, 2.24) is 5.32 Å². The summed E-state index contributed by atoms with van der Waals surface area (Å²) in [6, 6.07) is -0.636. The minimum absolute atomic E-state index is 0.382. The predicted octanol–water partition coefficient (Wildman–Crippen LogP) is 0.257. The lowest BCUT2D eigenvalue weighted by Gasteiger charge is -2.19. The molecule has 1 rings (SSSR count). The maximum atomic E-state index is 10.9. The molecular weight excluding hydrogens is 186 g/mol. The largest absolute Gasteiger partial charge is 0.453 e. The Morgan fingerprint density at radius 1 is 1.79 bits per heavy atom. The molecule has 1 heterocycles. The first-order chi connectivity index (χ1) is 6.77. The predicted molar refractivity (Wildman–Crippen MR) is 48.9 cm³/mol. The van der Waals surface area contributed by atoms with Gasteiger partial charge in [0.1, 0.15) is 12.3 Å². The highest BCUT2D eigenvalue weighted by molar-refractivity contribution is 5.75. The molecule has 0 aliphatic carbocycles. The Morgan fingerprint density at radius 3 is 3.07 bits per heavy atom. The Hall–Kier alpha value is -1.36. The lowest BCUT2D eigenvalue weighted by molar-refractivity contribution is -0.109. The van der Waals surface area contributed by atoms with Gasteiger partial charge in [0, 0.05) is 0 Å². The Morgan fingerprint density at radius 2 is 2.57 bits per heavy atom. The summed E-state index contributed by atoms with van der Waals surface area (Å²) in [5.74, 6) is 0. The van der Waals surface area contributed by atoms with Crippen molar-refractivity contribution in [1.29, 1.82) is 0 Å². The third-order valence-corrected chi connectivity index (χ3v) is 1.93. The number of aldehydes is 1. The van der Waals surface area contributed by atoms with E-state index >= 15 is 0 Å².